The largest absolute Gasteiger partial charge is 0.480 e. The second-order valence-corrected chi connectivity index (χ2v) is 6.31. The number of carboxylic acid groups (broad SMARTS) is 1. The topological polar surface area (TPSA) is 79.7 Å². The van der Waals surface area contributed by atoms with Gasteiger partial charge in [-0.3, -0.25) is 14.6 Å². The monoisotopic (exact) mass is 376 g/mol. The predicted octanol–water partition coefficient (Wildman–Crippen LogP) is 3.78. The van der Waals surface area contributed by atoms with Crippen LogP contribution >= 0.6 is 11.6 Å². The van der Waals surface area contributed by atoms with E-state index < -0.39 is 5.97 Å². The van der Waals surface area contributed by atoms with Crippen LogP contribution in [0.15, 0.2) is 42.7 Å². The number of hydrogen-bond acceptors (Lipinski definition) is 4. The number of aliphatic carboxylic acids is 1. The summed E-state index contributed by atoms with van der Waals surface area (Å²) in [6.45, 7) is 3.43. The molecule has 1 aromatic carbocycles. The highest BCUT2D eigenvalue weighted by Gasteiger charge is 2.22. The average molecular weight is 377 g/mol. The highest BCUT2D eigenvalue weighted by Crippen LogP contribution is 2.30. The molecule has 0 saturated heterocycles. The van der Waals surface area contributed by atoms with E-state index in [9.17, 15) is 9.59 Å². The summed E-state index contributed by atoms with van der Waals surface area (Å²) in [7, 11) is 0. The first-order chi connectivity index (χ1) is 12.4. The van der Waals surface area contributed by atoms with Crippen LogP contribution in [0.4, 0.5) is 0 Å². The minimum absolute atomic E-state index is 0.0763. The third-order valence-corrected chi connectivity index (χ3v) is 4.27. The average Bonchev–Trinajstić information content (AvgIpc) is 2.62. The molecule has 0 aliphatic rings. The molecule has 1 amide bonds. The number of carbonyl (C=O) groups is 2. The Labute approximate surface area is 157 Å². The molecule has 0 spiro atoms. The maximum Gasteiger partial charge on any atom is 0.323 e. The lowest BCUT2D eigenvalue weighted by atomic mass is 10.1. The van der Waals surface area contributed by atoms with Crippen LogP contribution in [0.25, 0.3) is 0 Å². The highest BCUT2D eigenvalue weighted by molar-refractivity contribution is 6.32. The van der Waals surface area contributed by atoms with Crippen molar-refractivity contribution >= 4 is 23.5 Å². The Morgan fingerprint density at radius 2 is 1.96 bits per heavy atom. The summed E-state index contributed by atoms with van der Waals surface area (Å²) in [5, 5.41) is 9.40. The molecule has 0 aliphatic heterocycles. The zero-order valence-electron chi connectivity index (χ0n) is 14.7. The van der Waals surface area contributed by atoms with Gasteiger partial charge in [0.25, 0.3) is 0 Å². The Balaban J connectivity index is 2.10. The smallest absolute Gasteiger partial charge is 0.323 e. The second kappa shape index (κ2) is 9.20. The van der Waals surface area contributed by atoms with Crippen LogP contribution in [0.5, 0.6) is 11.5 Å². The summed E-state index contributed by atoms with van der Waals surface area (Å²) in [6.07, 6.45) is 3.98. The number of amides is 1. The van der Waals surface area contributed by atoms with Crippen molar-refractivity contribution in [2.75, 3.05) is 6.54 Å². The highest BCUT2D eigenvalue weighted by atomic mass is 35.5. The van der Waals surface area contributed by atoms with Crippen molar-refractivity contribution < 1.29 is 19.4 Å². The van der Waals surface area contributed by atoms with Gasteiger partial charge in [-0.1, -0.05) is 24.6 Å². The lowest BCUT2D eigenvalue weighted by Gasteiger charge is -2.27. The quantitative estimate of drug-likeness (QED) is 0.758. The van der Waals surface area contributed by atoms with Gasteiger partial charge in [0.2, 0.25) is 5.91 Å². The fourth-order valence-electron chi connectivity index (χ4n) is 2.40. The number of carbonyl (C=O) groups excluding carboxylic acids is 1. The van der Waals surface area contributed by atoms with Crippen LogP contribution in [0.3, 0.4) is 0 Å². The zero-order chi connectivity index (χ0) is 19.1. The molecule has 0 radical (unpaired) electrons. The third-order valence-electron chi connectivity index (χ3n) is 3.98. The van der Waals surface area contributed by atoms with E-state index in [0.29, 0.717) is 28.5 Å². The summed E-state index contributed by atoms with van der Waals surface area (Å²) >= 11 is 6.26. The first-order valence-corrected chi connectivity index (χ1v) is 8.66. The number of carboxylic acids is 1. The minimum Gasteiger partial charge on any atom is -0.480 e. The van der Waals surface area contributed by atoms with Crippen molar-refractivity contribution in [3.8, 4) is 11.5 Å². The molecule has 1 aromatic heterocycles. The van der Waals surface area contributed by atoms with Crippen molar-refractivity contribution in [2.45, 2.75) is 32.7 Å². The maximum absolute atomic E-state index is 12.5. The van der Waals surface area contributed by atoms with E-state index in [0.717, 1.165) is 0 Å². The molecular weight excluding hydrogens is 356 g/mol. The van der Waals surface area contributed by atoms with E-state index in [1.807, 2.05) is 13.8 Å². The summed E-state index contributed by atoms with van der Waals surface area (Å²) in [4.78, 5) is 28.8. The van der Waals surface area contributed by atoms with E-state index >= 15 is 0 Å². The molecule has 0 bridgehead atoms. The van der Waals surface area contributed by atoms with Gasteiger partial charge in [-0.2, -0.15) is 0 Å². The first-order valence-electron chi connectivity index (χ1n) is 8.28. The molecule has 138 valence electrons. The maximum atomic E-state index is 12.5. The van der Waals surface area contributed by atoms with Gasteiger partial charge in [0.1, 0.15) is 18.0 Å². The van der Waals surface area contributed by atoms with Gasteiger partial charge in [-0.25, -0.2) is 0 Å². The van der Waals surface area contributed by atoms with Crippen molar-refractivity contribution in [3.63, 3.8) is 0 Å². The molecular formula is C19H21ClN2O4. The lowest BCUT2D eigenvalue weighted by Crippen LogP contribution is -2.42. The zero-order valence-corrected chi connectivity index (χ0v) is 15.4. The Bertz CT molecular complexity index is 767. The molecule has 2 rings (SSSR count). The van der Waals surface area contributed by atoms with Crippen LogP contribution in [-0.2, 0) is 16.0 Å². The summed E-state index contributed by atoms with van der Waals surface area (Å²) in [5.41, 5.74) is 0.695. The number of rotatable bonds is 8. The summed E-state index contributed by atoms with van der Waals surface area (Å²) in [5.74, 6) is -0.202. The van der Waals surface area contributed by atoms with Crippen molar-refractivity contribution in [3.05, 3.63) is 53.3 Å². The van der Waals surface area contributed by atoms with Gasteiger partial charge in [0.15, 0.2) is 0 Å². The van der Waals surface area contributed by atoms with Crippen molar-refractivity contribution in [1.29, 1.82) is 0 Å². The first kappa shape index (κ1) is 19.7. The molecule has 0 fully saturated rings. The SMILES string of the molecule is CCC(C)N(CC(=O)O)C(=O)Cc1ccc(Oc2ccncc2)c(Cl)c1. The standard InChI is InChI=1S/C19H21ClN2O4/c1-3-13(2)22(12-19(24)25)18(23)11-14-4-5-17(16(20)10-14)26-15-6-8-21-9-7-15/h4-10,13H,3,11-12H2,1-2H3,(H,24,25). The number of pyridine rings is 1. The molecule has 6 nitrogen and oxygen atoms in total. The van der Waals surface area contributed by atoms with E-state index in [-0.39, 0.29) is 24.9 Å². The molecule has 1 heterocycles. The molecule has 1 N–H and O–H groups in total. The number of halogens is 1. The van der Waals surface area contributed by atoms with Crippen molar-refractivity contribution in [1.82, 2.24) is 9.88 Å². The van der Waals surface area contributed by atoms with E-state index in [2.05, 4.69) is 4.98 Å². The number of aromatic nitrogens is 1. The van der Waals surface area contributed by atoms with Gasteiger partial charge in [0.05, 0.1) is 11.4 Å². The number of hydrogen-bond donors (Lipinski definition) is 1. The Kier molecular flexibility index (Phi) is 6.97. The second-order valence-electron chi connectivity index (χ2n) is 5.90. The van der Waals surface area contributed by atoms with Crippen LogP contribution in [0.1, 0.15) is 25.8 Å². The fourth-order valence-corrected chi connectivity index (χ4v) is 2.64. The van der Waals surface area contributed by atoms with Gasteiger partial charge in [-0.05, 0) is 43.2 Å². The van der Waals surface area contributed by atoms with Crippen LogP contribution < -0.4 is 4.74 Å². The Hall–Kier alpha value is -2.60. The number of nitrogens with zero attached hydrogens (tertiary/aromatic N) is 2. The van der Waals surface area contributed by atoms with Gasteiger partial charge in [0, 0.05) is 18.4 Å². The van der Waals surface area contributed by atoms with Gasteiger partial charge < -0.3 is 14.7 Å². The molecule has 0 aliphatic carbocycles. The summed E-state index contributed by atoms with van der Waals surface area (Å²) < 4.78 is 5.68. The molecule has 7 heteroatoms. The molecule has 2 aromatic rings. The Morgan fingerprint density at radius 3 is 2.54 bits per heavy atom. The summed E-state index contributed by atoms with van der Waals surface area (Å²) in [6, 6.07) is 8.37. The van der Waals surface area contributed by atoms with E-state index in [1.54, 1.807) is 42.7 Å². The van der Waals surface area contributed by atoms with E-state index in [1.165, 1.54) is 4.90 Å². The van der Waals surface area contributed by atoms with Crippen LogP contribution in [0.2, 0.25) is 5.02 Å². The predicted molar refractivity (Wildman–Crippen MR) is 98.6 cm³/mol. The number of ether oxygens (including phenoxy) is 1. The molecule has 1 unspecified atom stereocenters. The van der Waals surface area contributed by atoms with E-state index in [4.69, 9.17) is 21.4 Å². The van der Waals surface area contributed by atoms with Crippen molar-refractivity contribution in [2.24, 2.45) is 0 Å². The Morgan fingerprint density at radius 1 is 1.27 bits per heavy atom. The molecule has 26 heavy (non-hydrogen) atoms. The minimum atomic E-state index is -1.03. The van der Waals surface area contributed by atoms with Crippen LogP contribution in [0, 0.1) is 0 Å². The fraction of sp³-hybridized carbons (Fsp3) is 0.316. The normalized spacial score (nSPS) is 11.7. The van der Waals surface area contributed by atoms with Gasteiger partial charge >= 0.3 is 5.97 Å². The molecule has 0 saturated carbocycles. The van der Waals surface area contributed by atoms with Gasteiger partial charge in [-0.15, -0.1) is 0 Å². The lowest BCUT2D eigenvalue weighted by molar-refractivity contribution is -0.145. The number of benzene rings is 1. The van der Waals surface area contributed by atoms with Crippen LogP contribution in [-0.4, -0.2) is 39.5 Å². The molecule has 1 atom stereocenters. The third kappa shape index (κ3) is 5.46.